The lowest BCUT2D eigenvalue weighted by Gasteiger charge is -1.99. The third kappa shape index (κ3) is 2.71. The highest BCUT2D eigenvalue weighted by molar-refractivity contribution is 5.46. The number of furan rings is 1. The third-order valence-electron chi connectivity index (χ3n) is 4.09. The van der Waals surface area contributed by atoms with Gasteiger partial charge in [-0.3, -0.25) is 0 Å². The second-order valence-corrected chi connectivity index (χ2v) is 5.63. The van der Waals surface area contributed by atoms with E-state index in [2.05, 4.69) is 28.5 Å². The maximum atomic E-state index is 9.24. The molecule has 5 heteroatoms. The van der Waals surface area contributed by atoms with Gasteiger partial charge in [0.15, 0.2) is 0 Å². The van der Waals surface area contributed by atoms with Crippen LogP contribution in [0.2, 0.25) is 0 Å². The monoisotopic (exact) mass is 305 g/mol. The zero-order valence-electron chi connectivity index (χ0n) is 12.4. The van der Waals surface area contributed by atoms with Crippen LogP contribution in [0.3, 0.4) is 0 Å². The van der Waals surface area contributed by atoms with Crippen molar-refractivity contribution in [3.05, 3.63) is 71.6 Å². The highest BCUT2D eigenvalue weighted by atomic mass is 16.4. The highest BCUT2D eigenvalue weighted by Crippen LogP contribution is 2.54. The van der Waals surface area contributed by atoms with Crippen molar-refractivity contribution < 1.29 is 8.83 Å². The van der Waals surface area contributed by atoms with Crippen molar-refractivity contribution in [3.8, 4) is 6.07 Å². The van der Waals surface area contributed by atoms with Gasteiger partial charge in [0, 0.05) is 5.92 Å². The van der Waals surface area contributed by atoms with Crippen molar-refractivity contribution in [3.63, 3.8) is 0 Å². The summed E-state index contributed by atoms with van der Waals surface area (Å²) < 4.78 is 11.1. The van der Waals surface area contributed by atoms with E-state index in [1.807, 2.05) is 30.3 Å². The Balaban J connectivity index is 1.49. The molecule has 1 N–H and O–H groups in total. The molecule has 0 amide bonds. The number of nitrogens with one attached hydrogen (secondary N) is 1. The number of benzene rings is 1. The van der Waals surface area contributed by atoms with Gasteiger partial charge in [0.05, 0.1) is 12.8 Å². The summed E-state index contributed by atoms with van der Waals surface area (Å²) in [6.07, 6.45) is 2.62. The van der Waals surface area contributed by atoms with Crippen LogP contribution >= 0.6 is 0 Å². The van der Waals surface area contributed by atoms with Crippen LogP contribution in [0.4, 0.5) is 5.88 Å². The van der Waals surface area contributed by atoms with Crippen LogP contribution in [-0.4, -0.2) is 4.98 Å². The van der Waals surface area contributed by atoms with Crippen molar-refractivity contribution in [2.75, 3.05) is 5.32 Å². The zero-order valence-corrected chi connectivity index (χ0v) is 12.4. The van der Waals surface area contributed by atoms with Gasteiger partial charge in [0.2, 0.25) is 17.5 Å². The molecule has 23 heavy (non-hydrogen) atoms. The molecular formula is C18H15N3O2. The molecule has 5 nitrogen and oxygen atoms in total. The smallest absolute Gasteiger partial charge is 0.232 e. The molecule has 0 unspecified atom stereocenters. The van der Waals surface area contributed by atoms with E-state index in [9.17, 15) is 5.26 Å². The molecule has 0 radical (unpaired) electrons. The summed E-state index contributed by atoms with van der Waals surface area (Å²) >= 11 is 0. The summed E-state index contributed by atoms with van der Waals surface area (Å²) in [7, 11) is 0. The molecule has 114 valence electrons. The van der Waals surface area contributed by atoms with E-state index in [0.717, 1.165) is 12.2 Å². The molecule has 4 rings (SSSR count). The Morgan fingerprint density at radius 1 is 1.17 bits per heavy atom. The van der Waals surface area contributed by atoms with Crippen LogP contribution in [0.1, 0.15) is 41.2 Å². The van der Waals surface area contributed by atoms with Crippen molar-refractivity contribution in [2.45, 2.75) is 24.8 Å². The first-order chi connectivity index (χ1) is 11.3. The zero-order chi connectivity index (χ0) is 15.6. The lowest BCUT2D eigenvalue weighted by molar-refractivity contribution is 0.492. The number of hydrogen-bond donors (Lipinski definition) is 1. The van der Waals surface area contributed by atoms with Gasteiger partial charge in [-0.1, -0.05) is 30.3 Å². The third-order valence-corrected chi connectivity index (χ3v) is 4.09. The molecule has 1 aliphatic rings. The van der Waals surface area contributed by atoms with E-state index in [0.29, 0.717) is 29.9 Å². The minimum Gasteiger partial charge on any atom is -0.467 e. The van der Waals surface area contributed by atoms with Crippen LogP contribution in [0.25, 0.3) is 0 Å². The van der Waals surface area contributed by atoms with E-state index in [4.69, 9.17) is 8.83 Å². The number of nitrogens with zero attached hydrogens (tertiary/aromatic N) is 2. The number of rotatable bonds is 5. The largest absolute Gasteiger partial charge is 0.467 e. The Kier molecular flexibility index (Phi) is 3.35. The minimum absolute atomic E-state index is 0.253. The lowest BCUT2D eigenvalue weighted by atomic mass is 10.1. The van der Waals surface area contributed by atoms with Gasteiger partial charge in [-0.15, -0.1) is 0 Å². The number of aromatic nitrogens is 1. The second-order valence-electron chi connectivity index (χ2n) is 5.63. The van der Waals surface area contributed by atoms with Crippen molar-refractivity contribution in [1.82, 2.24) is 4.98 Å². The molecule has 1 aromatic carbocycles. The number of nitriles is 1. The fourth-order valence-corrected chi connectivity index (χ4v) is 2.81. The first-order valence-corrected chi connectivity index (χ1v) is 7.57. The summed E-state index contributed by atoms with van der Waals surface area (Å²) in [4.78, 5) is 4.35. The van der Waals surface area contributed by atoms with Gasteiger partial charge in [-0.25, -0.2) is 4.98 Å². The molecule has 0 bridgehead atoms. The number of anilines is 1. The Morgan fingerprint density at radius 3 is 2.78 bits per heavy atom. The van der Waals surface area contributed by atoms with Gasteiger partial charge >= 0.3 is 0 Å². The normalized spacial score (nSPS) is 19.3. The fraction of sp³-hybridized carbons (Fsp3) is 0.222. The second kappa shape index (κ2) is 5.65. The van der Waals surface area contributed by atoms with Crippen LogP contribution < -0.4 is 5.32 Å². The number of oxazole rings is 1. The van der Waals surface area contributed by atoms with Gasteiger partial charge in [-0.05, 0) is 30.0 Å². The van der Waals surface area contributed by atoms with Crippen LogP contribution in [0.5, 0.6) is 0 Å². The summed E-state index contributed by atoms with van der Waals surface area (Å²) in [5.74, 6) is 2.51. The van der Waals surface area contributed by atoms with Crippen molar-refractivity contribution >= 4 is 5.88 Å². The summed E-state index contributed by atoms with van der Waals surface area (Å²) in [6.45, 7) is 0.461. The van der Waals surface area contributed by atoms with E-state index < -0.39 is 0 Å². The summed E-state index contributed by atoms with van der Waals surface area (Å²) in [6, 6.07) is 16.1. The van der Waals surface area contributed by atoms with Crippen LogP contribution in [0.15, 0.2) is 57.6 Å². The Bertz CT molecular complexity index is 831. The van der Waals surface area contributed by atoms with E-state index in [-0.39, 0.29) is 5.92 Å². The van der Waals surface area contributed by atoms with Crippen molar-refractivity contribution in [2.24, 2.45) is 0 Å². The standard InChI is InChI=1S/C18H15N3O2/c19-10-16-18(20-11-13-7-4-8-22-13)23-17(21-16)15-9-14(15)12-5-2-1-3-6-12/h1-8,14-15,20H,9,11H2/t14-,15-/m0/s1. The topological polar surface area (TPSA) is 75.0 Å². The molecule has 1 fully saturated rings. The molecule has 0 spiro atoms. The fourth-order valence-electron chi connectivity index (χ4n) is 2.81. The molecule has 1 aliphatic carbocycles. The molecule has 2 aromatic heterocycles. The Morgan fingerprint density at radius 2 is 2.04 bits per heavy atom. The Hall–Kier alpha value is -3.00. The predicted molar refractivity (Wildman–Crippen MR) is 83.8 cm³/mol. The first kappa shape index (κ1) is 13.6. The molecule has 2 atom stereocenters. The van der Waals surface area contributed by atoms with E-state index in [1.165, 1.54) is 5.56 Å². The number of hydrogen-bond acceptors (Lipinski definition) is 5. The minimum atomic E-state index is 0.253. The molecular weight excluding hydrogens is 290 g/mol. The maximum Gasteiger partial charge on any atom is 0.232 e. The van der Waals surface area contributed by atoms with E-state index >= 15 is 0 Å². The average molecular weight is 305 g/mol. The maximum absolute atomic E-state index is 9.24. The van der Waals surface area contributed by atoms with Crippen molar-refractivity contribution in [1.29, 1.82) is 5.26 Å². The molecule has 1 saturated carbocycles. The molecule has 0 saturated heterocycles. The molecule has 0 aliphatic heterocycles. The SMILES string of the molecule is N#Cc1nc([C@H]2C[C@H]2c2ccccc2)oc1NCc1ccco1. The average Bonchev–Trinajstić information content (AvgIpc) is 3.04. The lowest BCUT2D eigenvalue weighted by Crippen LogP contribution is -1.98. The summed E-state index contributed by atoms with van der Waals surface area (Å²) in [5, 5.41) is 12.3. The van der Waals surface area contributed by atoms with Gasteiger partial charge in [0.25, 0.3) is 0 Å². The van der Waals surface area contributed by atoms with Crippen LogP contribution in [-0.2, 0) is 6.54 Å². The van der Waals surface area contributed by atoms with Gasteiger partial charge in [-0.2, -0.15) is 5.26 Å². The van der Waals surface area contributed by atoms with Crippen LogP contribution in [0, 0.1) is 11.3 Å². The molecule has 2 heterocycles. The predicted octanol–water partition coefficient (Wildman–Crippen LogP) is 4.02. The quantitative estimate of drug-likeness (QED) is 0.770. The van der Waals surface area contributed by atoms with Gasteiger partial charge < -0.3 is 14.2 Å². The first-order valence-electron chi connectivity index (χ1n) is 7.57. The highest BCUT2D eigenvalue weighted by Gasteiger charge is 2.43. The molecule has 3 aromatic rings. The van der Waals surface area contributed by atoms with E-state index in [1.54, 1.807) is 6.26 Å². The Labute approximate surface area is 133 Å². The summed E-state index contributed by atoms with van der Waals surface area (Å²) in [5.41, 5.74) is 1.59. The van der Waals surface area contributed by atoms with Gasteiger partial charge in [0.1, 0.15) is 11.8 Å².